The molecule has 2 N–H and O–H groups in total. The minimum absolute atomic E-state index is 0.0569. The number of ether oxygens (including phenoxy) is 1. The molecular formula is C18H21NO2. The summed E-state index contributed by atoms with van der Waals surface area (Å²) in [6, 6.07) is 14.5. The SMILES string of the molecule is Cc1ccc(Oc2ccc(CO)cc2)c(CNC2CC2)c1. The van der Waals surface area contributed by atoms with Crippen molar-refractivity contribution in [3.63, 3.8) is 0 Å². The summed E-state index contributed by atoms with van der Waals surface area (Å²) >= 11 is 0. The quantitative estimate of drug-likeness (QED) is 0.852. The number of aliphatic hydroxyl groups is 1. The fourth-order valence-corrected chi connectivity index (χ4v) is 2.28. The molecular weight excluding hydrogens is 262 g/mol. The molecule has 3 nitrogen and oxygen atoms in total. The molecule has 0 saturated heterocycles. The minimum Gasteiger partial charge on any atom is -0.457 e. The molecule has 110 valence electrons. The predicted molar refractivity (Wildman–Crippen MR) is 83.5 cm³/mol. The largest absolute Gasteiger partial charge is 0.457 e. The van der Waals surface area contributed by atoms with Crippen LogP contribution in [0.4, 0.5) is 0 Å². The Balaban J connectivity index is 1.75. The van der Waals surface area contributed by atoms with Gasteiger partial charge < -0.3 is 15.2 Å². The van der Waals surface area contributed by atoms with E-state index in [-0.39, 0.29) is 6.61 Å². The van der Waals surface area contributed by atoms with Crippen LogP contribution in [0.5, 0.6) is 11.5 Å². The third kappa shape index (κ3) is 3.84. The Kier molecular flexibility index (Phi) is 4.23. The molecule has 0 unspecified atom stereocenters. The van der Waals surface area contributed by atoms with Gasteiger partial charge in [-0.25, -0.2) is 0 Å². The third-order valence-corrected chi connectivity index (χ3v) is 3.71. The molecule has 1 saturated carbocycles. The number of rotatable bonds is 6. The van der Waals surface area contributed by atoms with Crippen LogP contribution in [0, 0.1) is 6.92 Å². The van der Waals surface area contributed by atoms with E-state index in [9.17, 15) is 0 Å². The fraction of sp³-hybridized carbons (Fsp3) is 0.333. The zero-order chi connectivity index (χ0) is 14.7. The second kappa shape index (κ2) is 6.29. The van der Waals surface area contributed by atoms with E-state index in [0.717, 1.165) is 23.6 Å². The number of benzene rings is 2. The third-order valence-electron chi connectivity index (χ3n) is 3.71. The smallest absolute Gasteiger partial charge is 0.131 e. The van der Waals surface area contributed by atoms with Crippen molar-refractivity contribution in [3.05, 3.63) is 59.2 Å². The van der Waals surface area contributed by atoms with Crippen molar-refractivity contribution in [2.45, 2.75) is 39.0 Å². The van der Waals surface area contributed by atoms with Gasteiger partial charge in [-0.1, -0.05) is 29.8 Å². The molecule has 3 heteroatoms. The molecule has 0 heterocycles. The Hall–Kier alpha value is -1.84. The van der Waals surface area contributed by atoms with Gasteiger partial charge in [0.2, 0.25) is 0 Å². The lowest BCUT2D eigenvalue weighted by atomic mass is 10.1. The van der Waals surface area contributed by atoms with Crippen LogP contribution in [0.15, 0.2) is 42.5 Å². The van der Waals surface area contributed by atoms with Crippen LogP contribution in [0.3, 0.4) is 0 Å². The summed E-state index contributed by atoms with van der Waals surface area (Å²) in [7, 11) is 0. The number of aryl methyl sites for hydroxylation is 1. The first-order chi connectivity index (χ1) is 10.2. The summed E-state index contributed by atoms with van der Waals surface area (Å²) < 4.78 is 6.00. The lowest BCUT2D eigenvalue weighted by Crippen LogP contribution is -2.15. The maximum absolute atomic E-state index is 9.07. The number of hydrogen-bond donors (Lipinski definition) is 2. The average Bonchev–Trinajstić information content (AvgIpc) is 3.32. The second-order valence-electron chi connectivity index (χ2n) is 5.67. The van der Waals surface area contributed by atoms with E-state index >= 15 is 0 Å². The molecule has 0 radical (unpaired) electrons. The molecule has 0 aromatic heterocycles. The summed E-state index contributed by atoms with van der Waals surface area (Å²) in [6.07, 6.45) is 2.56. The molecule has 0 amide bonds. The van der Waals surface area contributed by atoms with Crippen molar-refractivity contribution in [2.24, 2.45) is 0 Å². The Morgan fingerprint density at radius 2 is 1.90 bits per heavy atom. The van der Waals surface area contributed by atoms with Crippen molar-refractivity contribution in [1.82, 2.24) is 5.32 Å². The number of hydrogen-bond acceptors (Lipinski definition) is 3. The molecule has 1 aliphatic rings. The summed E-state index contributed by atoms with van der Waals surface area (Å²) in [5, 5.41) is 12.6. The lowest BCUT2D eigenvalue weighted by molar-refractivity contribution is 0.281. The Labute approximate surface area is 125 Å². The zero-order valence-electron chi connectivity index (χ0n) is 12.3. The Bertz CT molecular complexity index is 603. The van der Waals surface area contributed by atoms with Crippen LogP contribution in [0.1, 0.15) is 29.5 Å². The highest BCUT2D eigenvalue weighted by molar-refractivity contribution is 5.40. The summed E-state index contributed by atoms with van der Waals surface area (Å²) in [5.74, 6) is 1.69. The summed E-state index contributed by atoms with van der Waals surface area (Å²) in [4.78, 5) is 0. The first kappa shape index (κ1) is 14.1. The van der Waals surface area contributed by atoms with Crippen LogP contribution in [0.25, 0.3) is 0 Å². The molecule has 3 rings (SSSR count). The molecule has 2 aromatic rings. The van der Waals surface area contributed by atoms with Crippen LogP contribution >= 0.6 is 0 Å². The highest BCUT2D eigenvalue weighted by Crippen LogP contribution is 2.28. The van der Waals surface area contributed by atoms with Gasteiger partial charge in [-0.3, -0.25) is 0 Å². The minimum atomic E-state index is 0.0569. The molecule has 2 aromatic carbocycles. The molecule has 0 bridgehead atoms. The van der Waals surface area contributed by atoms with Gasteiger partial charge in [0.15, 0.2) is 0 Å². The first-order valence-electron chi connectivity index (χ1n) is 7.45. The van der Waals surface area contributed by atoms with E-state index in [2.05, 4.69) is 24.4 Å². The molecule has 0 atom stereocenters. The van der Waals surface area contributed by atoms with Gasteiger partial charge in [0.05, 0.1) is 6.61 Å². The Morgan fingerprint density at radius 3 is 2.57 bits per heavy atom. The average molecular weight is 283 g/mol. The highest BCUT2D eigenvalue weighted by Gasteiger charge is 2.20. The van der Waals surface area contributed by atoms with Crippen LogP contribution in [-0.4, -0.2) is 11.1 Å². The zero-order valence-corrected chi connectivity index (χ0v) is 12.3. The highest BCUT2D eigenvalue weighted by atomic mass is 16.5. The van der Waals surface area contributed by atoms with Gasteiger partial charge in [0.1, 0.15) is 11.5 Å². The van der Waals surface area contributed by atoms with E-state index in [1.165, 1.54) is 24.0 Å². The van der Waals surface area contributed by atoms with Crippen molar-refractivity contribution >= 4 is 0 Å². The second-order valence-corrected chi connectivity index (χ2v) is 5.67. The van der Waals surface area contributed by atoms with E-state index in [4.69, 9.17) is 9.84 Å². The van der Waals surface area contributed by atoms with Gasteiger partial charge in [0.25, 0.3) is 0 Å². The Morgan fingerprint density at radius 1 is 1.14 bits per heavy atom. The molecule has 1 fully saturated rings. The summed E-state index contributed by atoms with van der Waals surface area (Å²) in [6.45, 7) is 3.00. The fourth-order valence-electron chi connectivity index (χ4n) is 2.28. The first-order valence-corrected chi connectivity index (χ1v) is 7.45. The molecule has 1 aliphatic carbocycles. The normalized spacial score (nSPS) is 14.2. The van der Waals surface area contributed by atoms with Gasteiger partial charge in [-0.05, 0) is 43.5 Å². The maximum Gasteiger partial charge on any atom is 0.131 e. The van der Waals surface area contributed by atoms with E-state index in [0.29, 0.717) is 6.04 Å². The molecule has 0 aliphatic heterocycles. The van der Waals surface area contributed by atoms with Crippen LogP contribution < -0.4 is 10.1 Å². The standard InChI is InChI=1S/C18H21NO2/c1-13-2-9-18(15(10-13)11-19-16-5-6-16)21-17-7-3-14(12-20)4-8-17/h2-4,7-10,16,19-20H,5-6,11-12H2,1H3. The van der Waals surface area contributed by atoms with Crippen LogP contribution in [0.2, 0.25) is 0 Å². The lowest BCUT2D eigenvalue weighted by Gasteiger charge is -2.13. The van der Waals surface area contributed by atoms with Gasteiger partial charge in [-0.15, -0.1) is 0 Å². The maximum atomic E-state index is 9.07. The van der Waals surface area contributed by atoms with Gasteiger partial charge >= 0.3 is 0 Å². The van der Waals surface area contributed by atoms with Gasteiger partial charge in [-0.2, -0.15) is 0 Å². The van der Waals surface area contributed by atoms with Crippen molar-refractivity contribution in [1.29, 1.82) is 0 Å². The number of aliphatic hydroxyl groups excluding tert-OH is 1. The topological polar surface area (TPSA) is 41.5 Å². The molecule has 0 spiro atoms. The number of nitrogens with one attached hydrogen (secondary N) is 1. The molecule has 21 heavy (non-hydrogen) atoms. The van der Waals surface area contributed by atoms with Crippen LogP contribution in [-0.2, 0) is 13.2 Å². The monoisotopic (exact) mass is 283 g/mol. The van der Waals surface area contributed by atoms with Crippen molar-refractivity contribution < 1.29 is 9.84 Å². The van der Waals surface area contributed by atoms with Crippen molar-refractivity contribution in [2.75, 3.05) is 0 Å². The van der Waals surface area contributed by atoms with E-state index in [1.54, 1.807) is 0 Å². The van der Waals surface area contributed by atoms with Gasteiger partial charge in [0, 0.05) is 18.2 Å². The van der Waals surface area contributed by atoms with E-state index in [1.807, 2.05) is 30.3 Å². The summed E-state index contributed by atoms with van der Waals surface area (Å²) in [5.41, 5.74) is 3.32. The van der Waals surface area contributed by atoms with Crippen molar-refractivity contribution in [3.8, 4) is 11.5 Å². The predicted octanol–water partition coefficient (Wildman–Crippen LogP) is 3.53. The van der Waals surface area contributed by atoms with E-state index < -0.39 is 0 Å².